The van der Waals surface area contributed by atoms with Crippen LogP contribution in [-0.4, -0.2) is 76.6 Å². The summed E-state index contributed by atoms with van der Waals surface area (Å²) in [5, 5.41) is 20.9. The monoisotopic (exact) mass is 652 g/mol. The fourth-order valence-corrected chi connectivity index (χ4v) is 4.03. The first-order valence-electron chi connectivity index (χ1n) is 14.2. The number of hydrogen-bond acceptors (Lipinski definition) is 11. The van der Waals surface area contributed by atoms with Crippen LogP contribution in [0.5, 0.6) is 5.75 Å². The van der Waals surface area contributed by atoms with E-state index in [4.69, 9.17) is 9.47 Å². The van der Waals surface area contributed by atoms with Gasteiger partial charge in [0.15, 0.2) is 0 Å². The molecule has 6 amide bonds. The van der Waals surface area contributed by atoms with Gasteiger partial charge in [0.2, 0.25) is 23.8 Å². The van der Waals surface area contributed by atoms with Gasteiger partial charge in [0.1, 0.15) is 17.8 Å². The molecule has 17 heteroatoms. The normalized spacial score (nSPS) is 14.0. The Balaban J connectivity index is 1.53. The van der Waals surface area contributed by atoms with Crippen molar-refractivity contribution in [3.8, 4) is 5.75 Å². The third-order valence-electron chi connectivity index (χ3n) is 6.52. The number of nitrogens with one attached hydrogen (secondary N) is 4. The molecule has 3 rings (SSSR count). The molecule has 248 valence electrons. The van der Waals surface area contributed by atoms with Gasteiger partial charge in [-0.2, -0.15) is 0 Å². The van der Waals surface area contributed by atoms with Crippen molar-refractivity contribution >= 4 is 53.0 Å². The number of nitro benzene ring substituents is 1. The maximum absolute atomic E-state index is 12.7. The quantitative estimate of drug-likeness (QED) is 0.0745. The summed E-state index contributed by atoms with van der Waals surface area (Å²) in [5.41, 5.74) is 0.302. The SMILES string of the molecule is CCNC(=O)C(OC(=O)Oc1ccc([N+](=O)[O-])cc1)c1ccc(NC(=O)[C@H](C)NC(=O)[C@H](C)NC(=O)CCN2C(=O)C=CC2=O)cc1. The largest absolute Gasteiger partial charge is 0.514 e. The summed E-state index contributed by atoms with van der Waals surface area (Å²) in [6.07, 6.45) is -0.693. The Kier molecular flexibility index (Phi) is 12.2. The fourth-order valence-electron chi connectivity index (χ4n) is 4.03. The molecule has 0 aliphatic carbocycles. The van der Waals surface area contributed by atoms with Gasteiger partial charge in [-0.3, -0.25) is 43.8 Å². The van der Waals surface area contributed by atoms with E-state index in [1.165, 1.54) is 50.2 Å². The predicted octanol–water partition coefficient (Wildman–Crippen LogP) is 1.25. The summed E-state index contributed by atoms with van der Waals surface area (Å²) in [7, 11) is 0. The van der Waals surface area contributed by atoms with Gasteiger partial charge in [-0.1, -0.05) is 12.1 Å². The van der Waals surface area contributed by atoms with Gasteiger partial charge >= 0.3 is 6.16 Å². The number of benzene rings is 2. The molecule has 0 aromatic heterocycles. The first-order chi connectivity index (χ1) is 22.3. The average Bonchev–Trinajstić information content (AvgIpc) is 3.35. The van der Waals surface area contributed by atoms with Crippen LogP contribution < -0.4 is 26.0 Å². The maximum atomic E-state index is 12.7. The maximum Gasteiger partial charge on any atom is 0.514 e. The number of hydrogen-bond donors (Lipinski definition) is 4. The van der Waals surface area contributed by atoms with Crippen molar-refractivity contribution in [1.82, 2.24) is 20.9 Å². The molecule has 0 spiro atoms. The highest BCUT2D eigenvalue weighted by molar-refractivity contribution is 6.13. The summed E-state index contributed by atoms with van der Waals surface area (Å²) in [4.78, 5) is 96.8. The number of amides is 6. The van der Waals surface area contributed by atoms with Gasteiger partial charge in [0.05, 0.1) is 4.92 Å². The Hall–Kier alpha value is -6.13. The van der Waals surface area contributed by atoms with E-state index in [1.54, 1.807) is 6.92 Å². The molecule has 1 heterocycles. The summed E-state index contributed by atoms with van der Waals surface area (Å²) in [6.45, 7) is 4.57. The molecule has 0 fully saturated rings. The minimum atomic E-state index is -1.44. The Morgan fingerprint density at radius 1 is 0.851 bits per heavy atom. The van der Waals surface area contributed by atoms with Gasteiger partial charge in [-0.25, -0.2) is 4.79 Å². The number of imide groups is 1. The van der Waals surface area contributed by atoms with Crippen molar-refractivity contribution in [2.24, 2.45) is 0 Å². The molecule has 1 aliphatic rings. The highest BCUT2D eigenvalue weighted by Crippen LogP contribution is 2.23. The molecule has 0 saturated heterocycles. The zero-order chi connectivity index (χ0) is 34.7. The van der Waals surface area contributed by atoms with Gasteiger partial charge in [0, 0.05) is 55.0 Å². The third-order valence-corrected chi connectivity index (χ3v) is 6.52. The highest BCUT2D eigenvalue weighted by atomic mass is 16.7. The number of carbonyl (C=O) groups is 7. The van der Waals surface area contributed by atoms with Gasteiger partial charge < -0.3 is 30.7 Å². The molecule has 1 aliphatic heterocycles. The fraction of sp³-hybridized carbons (Fsp3) is 0.300. The second-order valence-electron chi connectivity index (χ2n) is 10.0. The van der Waals surface area contributed by atoms with Crippen molar-refractivity contribution in [2.45, 2.75) is 45.4 Å². The second-order valence-corrected chi connectivity index (χ2v) is 10.0. The molecule has 2 aromatic carbocycles. The molecular weight excluding hydrogens is 620 g/mol. The number of rotatable bonds is 14. The van der Waals surface area contributed by atoms with Gasteiger partial charge in [0.25, 0.3) is 23.4 Å². The highest BCUT2D eigenvalue weighted by Gasteiger charge is 2.27. The minimum Gasteiger partial charge on any atom is -0.416 e. The smallest absolute Gasteiger partial charge is 0.416 e. The third kappa shape index (κ3) is 10.2. The molecular formula is C30H32N6O11. The van der Waals surface area contributed by atoms with E-state index >= 15 is 0 Å². The Morgan fingerprint density at radius 3 is 2.02 bits per heavy atom. The minimum absolute atomic E-state index is 0.0445. The number of non-ortho nitro benzene ring substituents is 1. The van der Waals surface area contributed by atoms with Crippen LogP contribution in [0.3, 0.4) is 0 Å². The summed E-state index contributed by atoms with van der Waals surface area (Å²) in [6, 6.07) is 8.32. The van der Waals surface area contributed by atoms with Gasteiger partial charge in [-0.15, -0.1) is 0 Å². The first-order valence-corrected chi connectivity index (χ1v) is 14.2. The lowest BCUT2D eigenvalue weighted by atomic mass is 10.1. The van der Waals surface area contributed by atoms with Crippen molar-refractivity contribution in [3.63, 3.8) is 0 Å². The van der Waals surface area contributed by atoms with E-state index in [2.05, 4.69) is 21.3 Å². The Morgan fingerprint density at radius 2 is 1.45 bits per heavy atom. The number of anilines is 1. The van der Waals surface area contributed by atoms with Crippen LogP contribution in [-0.2, 0) is 33.5 Å². The van der Waals surface area contributed by atoms with Crippen LogP contribution in [0.1, 0.15) is 38.9 Å². The summed E-state index contributed by atoms with van der Waals surface area (Å²) >= 11 is 0. The molecule has 4 N–H and O–H groups in total. The molecule has 0 saturated carbocycles. The van der Waals surface area contributed by atoms with E-state index in [1.807, 2.05) is 0 Å². The molecule has 3 atom stereocenters. The first kappa shape index (κ1) is 35.4. The van der Waals surface area contributed by atoms with Crippen molar-refractivity contribution < 1.29 is 48.0 Å². The Labute approximate surface area is 267 Å². The number of carbonyl (C=O) groups excluding carboxylic acids is 7. The molecule has 1 unspecified atom stereocenters. The van der Waals surface area contributed by atoms with E-state index in [-0.39, 0.29) is 42.2 Å². The van der Waals surface area contributed by atoms with E-state index in [9.17, 15) is 43.7 Å². The van der Waals surface area contributed by atoms with Crippen LogP contribution in [0.2, 0.25) is 0 Å². The number of nitrogens with zero attached hydrogens (tertiary/aromatic N) is 2. The van der Waals surface area contributed by atoms with Crippen molar-refractivity contribution in [1.29, 1.82) is 0 Å². The second kappa shape index (κ2) is 16.3. The zero-order valence-electron chi connectivity index (χ0n) is 25.5. The molecule has 0 bridgehead atoms. The molecule has 17 nitrogen and oxygen atoms in total. The number of likely N-dealkylation sites (N-methyl/N-ethyl adjacent to an activating group) is 1. The Bertz CT molecular complexity index is 1560. The molecule has 0 radical (unpaired) electrons. The lowest BCUT2D eigenvalue weighted by molar-refractivity contribution is -0.384. The van der Waals surface area contributed by atoms with Crippen LogP contribution >= 0.6 is 0 Å². The van der Waals surface area contributed by atoms with Crippen molar-refractivity contribution in [2.75, 3.05) is 18.4 Å². The standard InChI is InChI=1S/C30H32N6O11/c1-4-31-29(42)26(47-30(43)46-22-11-9-21(10-12-22)36(44)45)19-5-7-20(8-6-19)34-28(41)18(3)33-27(40)17(2)32-23(37)15-16-35-24(38)13-14-25(35)39/h5-14,17-18,26H,4,15-16H2,1-3H3,(H,31,42)(H,32,37)(H,33,40)(H,34,41)/t17-,18-,26?/m0/s1. The van der Waals surface area contributed by atoms with Crippen LogP contribution in [0, 0.1) is 10.1 Å². The zero-order valence-corrected chi connectivity index (χ0v) is 25.5. The lowest BCUT2D eigenvalue weighted by Gasteiger charge is -2.20. The van der Waals surface area contributed by atoms with Gasteiger partial charge in [-0.05, 0) is 45.0 Å². The molecule has 47 heavy (non-hydrogen) atoms. The van der Waals surface area contributed by atoms with E-state index in [0.717, 1.165) is 29.2 Å². The average molecular weight is 653 g/mol. The lowest BCUT2D eigenvalue weighted by Crippen LogP contribution is -2.50. The summed E-state index contributed by atoms with van der Waals surface area (Å²) in [5.74, 6) is -3.60. The van der Waals surface area contributed by atoms with Crippen molar-refractivity contribution in [3.05, 3.63) is 76.4 Å². The predicted molar refractivity (Wildman–Crippen MR) is 162 cm³/mol. The van der Waals surface area contributed by atoms with E-state index in [0.29, 0.717) is 0 Å². The van der Waals surface area contributed by atoms with Crippen LogP contribution in [0.4, 0.5) is 16.2 Å². The topological polar surface area (TPSA) is 232 Å². The summed E-state index contributed by atoms with van der Waals surface area (Å²) < 4.78 is 10.3. The van der Waals surface area contributed by atoms with Crippen LogP contribution in [0.15, 0.2) is 60.7 Å². The van der Waals surface area contributed by atoms with E-state index < -0.39 is 64.7 Å². The molecule has 2 aromatic rings. The number of nitro groups is 1. The van der Waals surface area contributed by atoms with Crippen LogP contribution in [0.25, 0.3) is 0 Å². The number of ether oxygens (including phenoxy) is 2.